The van der Waals surface area contributed by atoms with Gasteiger partial charge >= 0.3 is 5.69 Å². The number of aromatic amines is 1. The van der Waals surface area contributed by atoms with Crippen molar-refractivity contribution in [3.63, 3.8) is 0 Å². The molecule has 0 radical (unpaired) electrons. The van der Waals surface area contributed by atoms with Gasteiger partial charge in [0.25, 0.3) is 0 Å². The minimum atomic E-state index is -0.345. The molecule has 2 N–H and O–H groups in total. The Morgan fingerprint density at radius 2 is 1.64 bits per heavy atom. The predicted molar refractivity (Wildman–Crippen MR) is 109 cm³/mol. The molecule has 0 spiro atoms. The van der Waals surface area contributed by atoms with Crippen LogP contribution >= 0.6 is 11.6 Å². The van der Waals surface area contributed by atoms with E-state index >= 15 is 0 Å². The monoisotopic (exact) mass is 393 g/mol. The Kier molecular flexibility index (Phi) is 4.87. The predicted octanol–water partition coefficient (Wildman–Crippen LogP) is 4.41. The quantitative estimate of drug-likeness (QED) is 0.527. The van der Waals surface area contributed by atoms with Crippen LogP contribution < -0.4 is 15.7 Å². The van der Waals surface area contributed by atoms with Gasteiger partial charge < -0.3 is 15.0 Å². The average molecular weight is 394 g/mol. The molecule has 0 unspecified atom stereocenters. The molecule has 4 aromatic rings. The summed E-state index contributed by atoms with van der Waals surface area (Å²) in [5.74, 6) is 0.594. The first-order chi connectivity index (χ1) is 13.6. The minimum absolute atomic E-state index is 0.122. The third-order valence-corrected chi connectivity index (χ3v) is 4.51. The Bertz CT molecular complexity index is 1210. The van der Waals surface area contributed by atoms with Gasteiger partial charge in [0, 0.05) is 0 Å². The van der Waals surface area contributed by atoms with E-state index in [2.05, 4.69) is 10.3 Å². The topological polar surface area (TPSA) is 76.1 Å². The normalized spacial score (nSPS) is 10.8. The standard InChI is InChI=1S/C21H16ClN3O3/c22-14-7-1-5-11-18(14)28-19-12-6-3-9-16(19)23-20(26)13-25-17-10-4-2-8-15(17)24-21(25)27/h1-12H,13H2,(H,23,26)(H,24,27). The van der Waals surface area contributed by atoms with Crippen LogP contribution in [0.1, 0.15) is 0 Å². The van der Waals surface area contributed by atoms with E-state index in [1.807, 2.05) is 24.3 Å². The number of fused-ring (bicyclic) bond motifs is 1. The summed E-state index contributed by atoms with van der Waals surface area (Å²) in [7, 11) is 0. The molecule has 1 heterocycles. The average Bonchev–Trinajstić information content (AvgIpc) is 3.00. The van der Waals surface area contributed by atoms with Crippen LogP contribution in [0.5, 0.6) is 11.5 Å². The number of carbonyl (C=O) groups is 1. The van der Waals surface area contributed by atoms with Crippen LogP contribution in [-0.2, 0) is 11.3 Å². The number of hydrogen-bond acceptors (Lipinski definition) is 3. The van der Waals surface area contributed by atoms with Crippen LogP contribution in [0.3, 0.4) is 0 Å². The van der Waals surface area contributed by atoms with Crippen molar-refractivity contribution < 1.29 is 9.53 Å². The van der Waals surface area contributed by atoms with E-state index in [-0.39, 0.29) is 18.1 Å². The highest BCUT2D eigenvalue weighted by atomic mass is 35.5. The number of nitrogens with one attached hydrogen (secondary N) is 2. The molecule has 0 saturated carbocycles. The number of amides is 1. The number of benzene rings is 3. The summed E-state index contributed by atoms with van der Waals surface area (Å²) in [4.78, 5) is 27.5. The number of carbonyl (C=O) groups excluding carboxylic acids is 1. The van der Waals surface area contributed by atoms with E-state index in [9.17, 15) is 9.59 Å². The zero-order chi connectivity index (χ0) is 19.5. The highest BCUT2D eigenvalue weighted by Crippen LogP contribution is 2.33. The maximum absolute atomic E-state index is 12.6. The van der Waals surface area contributed by atoms with Gasteiger partial charge in [-0.2, -0.15) is 0 Å². The summed E-state index contributed by atoms with van der Waals surface area (Å²) < 4.78 is 7.24. The summed E-state index contributed by atoms with van der Waals surface area (Å²) >= 11 is 6.15. The minimum Gasteiger partial charge on any atom is -0.454 e. The van der Waals surface area contributed by atoms with Crippen molar-refractivity contribution in [3.8, 4) is 11.5 Å². The molecular weight excluding hydrogens is 378 g/mol. The fraction of sp³-hybridized carbons (Fsp3) is 0.0476. The molecule has 140 valence electrons. The van der Waals surface area contributed by atoms with Crippen LogP contribution in [0.2, 0.25) is 5.02 Å². The molecule has 0 atom stereocenters. The molecular formula is C21H16ClN3O3. The molecule has 7 heteroatoms. The number of hydrogen-bond donors (Lipinski definition) is 2. The molecule has 6 nitrogen and oxygen atoms in total. The van der Waals surface area contributed by atoms with Crippen molar-refractivity contribution in [2.45, 2.75) is 6.54 Å². The van der Waals surface area contributed by atoms with Crippen LogP contribution in [0.4, 0.5) is 5.69 Å². The lowest BCUT2D eigenvalue weighted by Gasteiger charge is -2.13. The maximum atomic E-state index is 12.6. The number of rotatable bonds is 5. The molecule has 4 rings (SSSR count). The first-order valence-electron chi connectivity index (χ1n) is 8.60. The Labute approximate surface area is 165 Å². The second kappa shape index (κ2) is 7.62. The summed E-state index contributed by atoms with van der Waals surface area (Å²) in [5, 5.41) is 3.27. The number of anilines is 1. The molecule has 0 aliphatic carbocycles. The molecule has 0 fully saturated rings. The fourth-order valence-electron chi connectivity index (χ4n) is 2.90. The molecule has 0 bridgehead atoms. The van der Waals surface area contributed by atoms with Crippen molar-refractivity contribution in [2.75, 3.05) is 5.32 Å². The van der Waals surface area contributed by atoms with Gasteiger partial charge in [-0.3, -0.25) is 9.36 Å². The highest BCUT2D eigenvalue weighted by molar-refractivity contribution is 6.32. The van der Waals surface area contributed by atoms with Gasteiger partial charge in [-0.1, -0.05) is 48.0 Å². The molecule has 3 aromatic carbocycles. The summed E-state index contributed by atoms with van der Waals surface area (Å²) in [6.45, 7) is -0.122. The molecule has 1 aromatic heterocycles. The van der Waals surface area contributed by atoms with Gasteiger partial charge in [-0.05, 0) is 36.4 Å². The molecule has 0 aliphatic heterocycles. The first kappa shape index (κ1) is 17.9. The Morgan fingerprint density at radius 1 is 0.964 bits per heavy atom. The lowest BCUT2D eigenvalue weighted by Crippen LogP contribution is -2.26. The highest BCUT2D eigenvalue weighted by Gasteiger charge is 2.13. The number of imidazole rings is 1. The van der Waals surface area contributed by atoms with Crippen LogP contribution in [0, 0.1) is 0 Å². The van der Waals surface area contributed by atoms with Gasteiger partial charge in [-0.15, -0.1) is 0 Å². The third-order valence-electron chi connectivity index (χ3n) is 4.20. The summed E-state index contributed by atoms with van der Waals surface area (Å²) in [5.41, 5.74) is 1.50. The molecule has 28 heavy (non-hydrogen) atoms. The van der Waals surface area contributed by atoms with E-state index < -0.39 is 0 Å². The summed E-state index contributed by atoms with van der Waals surface area (Å²) in [6.07, 6.45) is 0. The Morgan fingerprint density at radius 3 is 2.46 bits per heavy atom. The largest absolute Gasteiger partial charge is 0.454 e. The van der Waals surface area contributed by atoms with Crippen LogP contribution in [0.15, 0.2) is 77.6 Å². The van der Waals surface area contributed by atoms with Gasteiger partial charge in [0.05, 0.1) is 21.7 Å². The molecule has 1 amide bonds. The second-order valence-corrected chi connectivity index (χ2v) is 6.52. The summed E-state index contributed by atoms with van der Waals surface area (Å²) in [6, 6.07) is 21.3. The van der Waals surface area contributed by atoms with Gasteiger partial charge in [0.15, 0.2) is 5.75 Å². The number of halogens is 1. The number of H-pyrrole nitrogens is 1. The van der Waals surface area contributed by atoms with Gasteiger partial charge in [0.2, 0.25) is 5.91 Å². The smallest absolute Gasteiger partial charge is 0.326 e. The van der Waals surface area contributed by atoms with Crippen molar-refractivity contribution in [1.29, 1.82) is 0 Å². The number of ether oxygens (including phenoxy) is 1. The SMILES string of the molecule is O=C(Cn1c(=O)[nH]c2ccccc21)Nc1ccccc1Oc1ccccc1Cl. The van der Waals surface area contributed by atoms with E-state index in [0.717, 1.165) is 0 Å². The number of para-hydroxylation sites is 5. The molecule has 0 saturated heterocycles. The van der Waals surface area contributed by atoms with Gasteiger partial charge in [-0.25, -0.2) is 4.79 Å². The van der Waals surface area contributed by atoms with Crippen LogP contribution in [0.25, 0.3) is 11.0 Å². The van der Waals surface area contributed by atoms with E-state index in [1.54, 1.807) is 48.5 Å². The zero-order valence-corrected chi connectivity index (χ0v) is 15.4. The zero-order valence-electron chi connectivity index (χ0n) is 14.7. The maximum Gasteiger partial charge on any atom is 0.326 e. The van der Waals surface area contributed by atoms with Crippen molar-refractivity contribution in [2.24, 2.45) is 0 Å². The third kappa shape index (κ3) is 3.63. The Hall–Kier alpha value is -3.51. The fourth-order valence-corrected chi connectivity index (χ4v) is 3.08. The van der Waals surface area contributed by atoms with E-state index in [0.29, 0.717) is 33.2 Å². The first-order valence-corrected chi connectivity index (χ1v) is 8.98. The number of nitrogens with zero attached hydrogens (tertiary/aromatic N) is 1. The van der Waals surface area contributed by atoms with Crippen molar-refractivity contribution in [1.82, 2.24) is 9.55 Å². The lowest BCUT2D eigenvalue weighted by atomic mass is 10.2. The van der Waals surface area contributed by atoms with E-state index in [1.165, 1.54) is 4.57 Å². The lowest BCUT2D eigenvalue weighted by molar-refractivity contribution is -0.116. The van der Waals surface area contributed by atoms with Crippen molar-refractivity contribution in [3.05, 3.63) is 88.3 Å². The Balaban J connectivity index is 1.56. The molecule has 0 aliphatic rings. The van der Waals surface area contributed by atoms with Crippen LogP contribution in [-0.4, -0.2) is 15.5 Å². The van der Waals surface area contributed by atoms with Gasteiger partial charge in [0.1, 0.15) is 12.3 Å². The van der Waals surface area contributed by atoms with E-state index in [4.69, 9.17) is 16.3 Å². The van der Waals surface area contributed by atoms with Crippen molar-refractivity contribution >= 4 is 34.2 Å². The second-order valence-electron chi connectivity index (χ2n) is 6.11. The number of aromatic nitrogens is 2.